The highest BCUT2D eigenvalue weighted by Crippen LogP contribution is 2.19. The number of aromatic hydroxyl groups is 1. The van der Waals surface area contributed by atoms with E-state index in [1.807, 2.05) is 54.6 Å². The van der Waals surface area contributed by atoms with Gasteiger partial charge in [0.05, 0.1) is 6.54 Å². The van der Waals surface area contributed by atoms with Gasteiger partial charge in [-0.15, -0.1) is 5.10 Å². The van der Waals surface area contributed by atoms with Crippen LogP contribution in [-0.2, 0) is 6.54 Å². The van der Waals surface area contributed by atoms with Crippen molar-refractivity contribution in [2.75, 3.05) is 0 Å². The van der Waals surface area contributed by atoms with E-state index in [1.165, 1.54) is 4.68 Å². The Balaban J connectivity index is 1.86. The van der Waals surface area contributed by atoms with E-state index >= 15 is 0 Å². The van der Waals surface area contributed by atoms with Crippen LogP contribution in [0.15, 0.2) is 61.2 Å². The van der Waals surface area contributed by atoms with Crippen LogP contribution in [0.2, 0.25) is 0 Å². The second kappa shape index (κ2) is 5.63. The molecule has 1 aromatic heterocycles. The first-order valence-electron chi connectivity index (χ1n) is 6.67. The van der Waals surface area contributed by atoms with E-state index < -0.39 is 0 Å². The molecular weight excluding hydrogens is 262 g/mol. The number of rotatable bonds is 4. The zero-order valence-electron chi connectivity index (χ0n) is 11.5. The van der Waals surface area contributed by atoms with Gasteiger partial charge in [0.25, 0.3) is 0 Å². The summed E-state index contributed by atoms with van der Waals surface area (Å²) >= 11 is 0. The van der Waals surface area contributed by atoms with Crippen molar-refractivity contribution >= 4 is 6.08 Å². The summed E-state index contributed by atoms with van der Waals surface area (Å²) in [5.74, 6) is 0.524. The van der Waals surface area contributed by atoms with E-state index in [0.29, 0.717) is 12.4 Å². The average Bonchev–Trinajstić information content (AvgIpc) is 2.90. The van der Waals surface area contributed by atoms with Gasteiger partial charge in [-0.3, -0.25) is 0 Å². The van der Waals surface area contributed by atoms with Crippen molar-refractivity contribution in [2.45, 2.75) is 6.54 Å². The summed E-state index contributed by atoms with van der Waals surface area (Å²) in [6, 6.07) is 17.4. The Kier molecular flexibility index (Phi) is 3.51. The molecule has 0 atom stereocenters. The van der Waals surface area contributed by atoms with Gasteiger partial charge in [-0.1, -0.05) is 67.3 Å². The Morgan fingerprint density at radius 2 is 1.76 bits per heavy atom. The SMILES string of the molecule is C=Cc1ccc(Cn2nc(-c3ccccc3)nc2O)cc1. The minimum atomic E-state index is -0.0818. The molecule has 0 aliphatic rings. The van der Waals surface area contributed by atoms with Crippen molar-refractivity contribution in [3.63, 3.8) is 0 Å². The normalized spacial score (nSPS) is 10.5. The van der Waals surface area contributed by atoms with E-state index in [0.717, 1.165) is 16.7 Å². The average molecular weight is 277 g/mol. The molecule has 0 amide bonds. The van der Waals surface area contributed by atoms with E-state index in [1.54, 1.807) is 6.08 Å². The predicted molar refractivity (Wildman–Crippen MR) is 82.8 cm³/mol. The second-order valence-electron chi connectivity index (χ2n) is 4.70. The molecule has 4 heteroatoms. The summed E-state index contributed by atoms with van der Waals surface area (Å²) in [6.07, 6.45) is 1.80. The Hall–Kier alpha value is -2.88. The van der Waals surface area contributed by atoms with Crippen LogP contribution in [-0.4, -0.2) is 19.9 Å². The fourth-order valence-electron chi connectivity index (χ4n) is 2.08. The maximum absolute atomic E-state index is 9.93. The fraction of sp³-hybridized carbons (Fsp3) is 0.0588. The highest BCUT2D eigenvalue weighted by molar-refractivity contribution is 5.54. The molecule has 0 bridgehead atoms. The summed E-state index contributed by atoms with van der Waals surface area (Å²) in [6.45, 7) is 4.20. The van der Waals surface area contributed by atoms with Crippen molar-refractivity contribution < 1.29 is 5.11 Å². The molecule has 0 saturated heterocycles. The van der Waals surface area contributed by atoms with Gasteiger partial charge in [-0.2, -0.15) is 4.98 Å². The zero-order chi connectivity index (χ0) is 14.7. The Morgan fingerprint density at radius 1 is 1.05 bits per heavy atom. The van der Waals surface area contributed by atoms with Crippen molar-refractivity contribution in [3.8, 4) is 17.4 Å². The number of hydrogen-bond donors (Lipinski definition) is 1. The van der Waals surface area contributed by atoms with Crippen LogP contribution in [0.25, 0.3) is 17.5 Å². The molecule has 0 fully saturated rings. The van der Waals surface area contributed by atoms with Gasteiger partial charge < -0.3 is 5.11 Å². The smallest absolute Gasteiger partial charge is 0.313 e. The van der Waals surface area contributed by atoms with Gasteiger partial charge in [0.15, 0.2) is 5.82 Å². The molecule has 1 heterocycles. The van der Waals surface area contributed by atoms with Gasteiger partial charge in [0, 0.05) is 5.56 Å². The summed E-state index contributed by atoms with van der Waals surface area (Å²) in [7, 11) is 0. The summed E-state index contributed by atoms with van der Waals surface area (Å²) in [4.78, 5) is 4.10. The molecule has 4 nitrogen and oxygen atoms in total. The summed E-state index contributed by atoms with van der Waals surface area (Å²) in [5, 5.41) is 14.3. The van der Waals surface area contributed by atoms with Gasteiger partial charge in [0.2, 0.25) is 0 Å². The van der Waals surface area contributed by atoms with Crippen LogP contribution in [0.1, 0.15) is 11.1 Å². The highest BCUT2D eigenvalue weighted by Gasteiger charge is 2.10. The maximum atomic E-state index is 9.93. The number of aromatic nitrogens is 3. The van der Waals surface area contributed by atoms with Crippen LogP contribution in [0.5, 0.6) is 6.01 Å². The quantitative estimate of drug-likeness (QED) is 0.795. The minimum Gasteiger partial charge on any atom is -0.479 e. The van der Waals surface area contributed by atoms with E-state index in [2.05, 4.69) is 16.7 Å². The topological polar surface area (TPSA) is 50.9 Å². The third kappa shape index (κ3) is 2.84. The van der Waals surface area contributed by atoms with Crippen molar-refractivity contribution in [2.24, 2.45) is 0 Å². The molecule has 2 aromatic carbocycles. The fourth-order valence-corrected chi connectivity index (χ4v) is 2.08. The summed E-state index contributed by atoms with van der Waals surface area (Å²) < 4.78 is 1.49. The molecule has 0 unspecified atom stereocenters. The summed E-state index contributed by atoms with van der Waals surface area (Å²) in [5.41, 5.74) is 2.99. The molecule has 0 aliphatic heterocycles. The lowest BCUT2D eigenvalue weighted by Crippen LogP contribution is -2.01. The van der Waals surface area contributed by atoms with Crippen LogP contribution in [0.3, 0.4) is 0 Å². The zero-order valence-corrected chi connectivity index (χ0v) is 11.5. The third-order valence-electron chi connectivity index (χ3n) is 3.23. The van der Waals surface area contributed by atoms with Crippen molar-refractivity contribution in [1.29, 1.82) is 0 Å². The number of benzene rings is 2. The predicted octanol–water partition coefficient (Wildman–Crippen LogP) is 3.34. The minimum absolute atomic E-state index is 0.0818. The molecule has 0 aliphatic carbocycles. The van der Waals surface area contributed by atoms with Crippen LogP contribution < -0.4 is 0 Å². The van der Waals surface area contributed by atoms with Gasteiger partial charge in [0.1, 0.15) is 0 Å². The van der Waals surface area contributed by atoms with E-state index in [9.17, 15) is 5.11 Å². The first-order valence-corrected chi connectivity index (χ1v) is 6.67. The first-order chi connectivity index (χ1) is 10.3. The molecule has 21 heavy (non-hydrogen) atoms. The first kappa shape index (κ1) is 13.1. The molecule has 104 valence electrons. The molecule has 0 saturated carbocycles. The van der Waals surface area contributed by atoms with Crippen LogP contribution in [0.4, 0.5) is 0 Å². The van der Waals surface area contributed by atoms with E-state index in [4.69, 9.17) is 0 Å². The number of hydrogen-bond acceptors (Lipinski definition) is 3. The molecule has 0 spiro atoms. The molecule has 1 N–H and O–H groups in total. The highest BCUT2D eigenvalue weighted by atomic mass is 16.3. The molecule has 3 rings (SSSR count). The Bertz CT molecular complexity index is 745. The van der Waals surface area contributed by atoms with E-state index in [-0.39, 0.29) is 6.01 Å². The Labute approximate surface area is 123 Å². The van der Waals surface area contributed by atoms with Crippen molar-refractivity contribution in [3.05, 3.63) is 72.3 Å². The standard InChI is InChI=1S/C17H15N3O/c1-2-13-8-10-14(11-9-13)12-20-17(21)18-16(19-20)15-6-4-3-5-7-15/h2-11H,1,12H2,(H,18,19,21). The van der Waals surface area contributed by atoms with Gasteiger partial charge in [-0.25, -0.2) is 4.68 Å². The lowest BCUT2D eigenvalue weighted by molar-refractivity contribution is 0.393. The largest absolute Gasteiger partial charge is 0.479 e. The van der Waals surface area contributed by atoms with Gasteiger partial charge in [-0.05, 0) is 11.1 Å². The maximum Gasteiger partial charge on any atom is 0.313 e. The van der Waals surface area contributed by atoms with Crippen LogP contribution >= 0.6 is 0 Å². The lowest BCUT2D eigenvalue weighted by atomic mass is 10.1. The number of nitrogens with zero attached hydrogens (tertiary/aromatic N) is 3. The van der Waals surface area contributed by atoms with Crippen LogP contribution in [0, 0.1) is 0 Å². The second-order valence-corrected chi connectivity index (χ2v) is 4.70. The monoisotopic (exact) mass is 277 g/mol. The Morgan fingerprint density at radius 3 is 2.43 bits per heavy atom. The van der Waals surface area contributed by atoms with Gasteiger partial charge >= 0.3 is 6.01 Å². The molecule has 0 radical (unpaired) electrons. The third-order valence-corrected chi connectivity index (χ3v) is 3.23. The molecular formula is C17H15N3O. The molecule has 3 aromatic rings. The van der Waals surface area contributed by atoms with Crippen molar-refractivity contribution in [1.82, 2.24) is 14.8 Å². The lowest BCUT2D eigenvalue weighted by Gasteiger charge is -2.02.